The standard InChI is InChI=1S/C13H20N2O/c1-4-8-15(5-2)10-11-9-12(16-3)6-7-13(11)14/h4,6-7,9H,1,5,8,10,14H2,2-3H3. The molecule has 16 heavy (non-hydrogen) atoms. The Balaban J connectivity index is 2.81. The van der Waals surface area contributed by atoms with Gasteiger partial charge in [-0.15, -0.1) is 6.58 Å². The van der Waals surface area contributed by atoms with Crippen LogP contribution in [-0.2, 0) is 6.54 Å². The fourth-order valence-corrected chi connectivity index (χ4v) is 1.57. The summed E-state index contributed by atoms with van der Waals surface area (Å²) < 4.78 is 5.19. The minimum Gasteiger partial charge on any atom is -0.497 e. The van der Waals surface area contributed by atoms with Crippen LogP contribution < -0.4 is 10.5 Å². The number of benzene rings is 1. The summed E-state index contributed by atoms with van der Waals surface area (Å²) >= 11 is 0. The van der Waals surface area contributed by atoms with Crippen molar-refractivity contribution >= 4 is 5.69 Å². The predicted molar refractivity (Wildman–Crippen MR) is 68.6 cm³/mol. The number of nitrogen functional groups attached to an aromatic ring is 1. The molecule has 0 atom stereocenters. The van der Waals surface area contributed by atoms with Crippen LogP contribution in [0.5, 0.6) is 5.75 Å². The van der Waals surface area contributed by atoms with Gasteiger partial charge in [-0.25, -0.2) is 0 Å². The second-order valence-electron chi connectivity index (χ2n) is 3.68. The highest BCUT2D eigenvalue weighted by Gasteiger charge is 2.06. The first kappa shape index (κ1) is 12.6. The van der Waals surface area contributed by atoms with Crippen molar-refractivity contribution in [3.05, 3.63) is 36.4 Å². The Labute approximate surface area is 97.5 Å². The van der Waals surface area contributed by atoms with Crippen molar-refractivity contribution in [2.24, 2.45) is 0 Å². The molecule has 2 N–H and O–H groups in total. The van der Waals surface area contributed by atoms with E-state index in [2.05, 4.69) is 18.4 Å². The normalized spacial score (nSPS) is 10.4. The van der Waals surface area contributed by atoms with Crippen molar-refractivity contribution in [2.75, 3.05) is 25.9 Å². The number of hydrogen-bond donors (Lipinski definition) is 1. The lowest BCUT2D eigenvalue weighted by Crippen LogP contribution is -2.23. The molecule has 0 radical (unpaired) electrons. The second kappa shape index (κ2) is 6.18. The summed E-state index contributed by atoms with van der Waals surface area (Å²) in [7, 11) is 1.66. The van der Waals surface area contributed by atoms with Crippen LogP contribution in [-0.4, -0.2) is 25.1 Å². The van der Waals surface area contributed by atoms with E-state index < -0.39 is 0 Å². The van der Waals surface area contributed by atoms with Crippen molar-refractivity contribution < 1.29 is 4.74 Å². The summed E-state index contributed by atoms with van der Waals surface area (Å²) in [5, 5.41) is 0. The molecule has 0 bridgehead atoms. The molecule has 0 aliphatic heterocycles. The van der Waals surface area contributed by atoms with Crippen LogP contribution in [0.1, 0.15) is 12.5 Å². The number of nitrogens with two attached hydrogens (primary N) is 1. The van der Waals surface area contributed by atoms with Crippen LogP contribution in [0.25, 0.3) is 0 Å². The van der Waals surface area contributed by atoms with E-state index in [1.54, 1.807) is 7.11 Å². The summed E-state index contributed by atoms with van der Waals surface area (Å²) in [6.45, 7) is 8.54. The molecule has 0 saturated heterocycles. The first-order valence-electron chi connectivity index (χ1n) is 5.46. The molecule has 3 nitrogen and oxygen atoms in total. The van der Waals surface area contributed by atoms with Gasteiger partial charge in [0.2, 0.25) is 0 Å². The Hall–Kier alpha value is -1.48. The van der Waals surface area contributed by atoms with Gasteiger partial charge in [-0.3, -0.25) is 4.90 Å². The number of rotatable bonds is 6. The lowest BCUT2D eigenvalue weighted by molar-refractivity contribution is 0.311. The molecule has 1 aromatic rings. The van der Waals surface area contributed by atoms with Crippen LogP contribution in [0.4, 0.5) is 5.69 Å². The number of likely N-dealkylation sites (N-methyl/N-ethyl adjacent to an activating group) is 1. The van der Waals surface area contributed by atoms with Crippen LogP contribution >= 0.6 is 0 Å². The molecule has 88 valence electrons. The Bertz CT molecular complexity index is 350. The van der Waals surface area contributed by atoms with E-state index in [1.165, 1.54) is 0 Å². The van der Waals surface area contributed by atoms with E-state index >= 15 is 0 Å². The number of anilines is 1. The average Bonchev–Trinajstić information content (AvgIpc) is 2.31. The number of nitrogens with zero attached hydrogens (tertiary/aromatic N) is 1. The Kier molecular flexibility index (Phi) is 4.86. The van der Waals surface area contributed by atoms with Gasteiger partial charge >= 0.3 is 0 Å². The van der Waals surface area contributed by atoms with E-state index in [1.807, 2.05) is 24.3 Å². The lowest BCUT2D eigenvalue weighted by Gasteiger charge is -2.19. The van der Waals surface area contributed by atoms with Crippen molar-refractivity contribution in [3.63, 3.8) is 0 Å². The maximum absolute atomic E-state index is 5.94. The zero-order valence-corrected chi connectivity index (χ0v) is 10.1. The summed E-state index contributed by atoms with van der Waals surface area (Å²) in [5.41, 5.74) is 7.84. The molecule has 0 aliphatic carbocycles. The third kappa shape index (κ3) is 3.28. The maximum Gasteiger partial charge on any atom is 0.119 e. The smallest absolute Gasteiger partial charge is 0.119 e. The van der Waals surface area contributed by atoms with Gasteiger partial charge in [0.15, 0.2) is 0 Å². The van der Waals surface area contributed by atoms with E-state index in [0.717, 1.165) is 36.6 Å². The lowest BCUT2D eigenvalue weighted by atomic mass is 10.1. The van der Waals surface area contributed by atoms with Crippen molar-refractivity contribution in [1.29, 1.82) is 0 Å². The molecule has 0 aliphatic rings. The predicted octanol–water partition coefficient (Wildman–Crippen LogP) is 2.29. The number of hydrogen-bond acceptors (Lipinski definition) is 3. The molecule has 0 unspecified atom stereocenters. The van der Waals surface area contributed by atoms with Crippen LogP contribution in [0.15, 0.2) is 30.9 Å². The maximum atomic E-state index is 5.94. The number of ether oxygens (including phenoxy) is 1. The molecule has 0 amide bonds. The quantitative estimate of drug-likeness (QED) is 0.590. The molecule has 1 aromatic carbocycles. The molecule has 1 rings (SSSR count). The van der Waals surface area contributed by atoms with E-state index in [0.29, 0.717) is 0 Å². The van der Waals surface area contributed by atoms with Crippen molar-refractivity contribution in [1.82, 2.24) is 4.90 Å². The fraction of sp³-hybridized carbons (Fsp3) is 0.385. The van der Waals surface area contributed by atoms with Gasteiger partial charge in [-0.05, 0) is 30.3 Å². The van der Waals surface area contributed by atoms with Gasteiger partial charge in [0.05, 0.1) is 7.11 Å². The third-order valence-electron chi connectivity index (χ3n) is 2.58. The number of methoxy groups -OCH3 is 1. The second-order valence-corrected chi connectivity index (χ2v) is 3.68. The van der Waals surface area contributed by atoms with E-state index in [4.69, 9.17) is 10.5 Å². The van der Waals surface area contributed by atoms with E-state index in [-0.39, 0.29) is 0 Å². The van der Waals surface area contributed by atoms with Crippen molar-refractivity contribution in [3.8, 4) is 5.75 Å². The molecule has 3 heteroatoms. The van der Waals surface area contributed by atoms with Gasteiger partial charge in [0.1, 0.15) is 5.75 Å². The van der Waals surface area contributed by atoms with Crippen LogP contribution in [0.2, 0.25) is 0 Å². The van der Waals surface area contributed by atoms with Crippen LogP contribution in [0.3, 0.4) is 0 Å². The third-order valence-corrected chi connectivity index (χ3v) is 2.58. The average molecular weight is 220 g/mol. The molecular formula is C13H20N2O. The molecular weight excluding hydrogens is 200 g/mol. The highest BCUT2D eigenvalue weighted by molar-refractivity contribution is 5.50. The van der Waals surface area contributed by atoms with Gasteiger partial charge in [0, 0.05) is 18.8 Å². The Morgan fingerprint density at radius 1 is 1.50 bits per heavy atom. The topological polar surface area (TPSA) is 38.5 Å². The molecule has 0 heterocycles. The molecule has 0 spiro atoms. The Morgan fingerprint density at radius 2 is 2.25 bits per heavy atom. The minimum atomic E-state index is 0.809. The minimum absolute atomic E-state index is 0.809. The van der Waals surface area contributed by atoms with Gasteiger partial charge < -0.3 is 10.5 Å². The van der Waals surface area contributed by atoms with Crippen LogP contribution in [0, 0.1) is 0 Å². The van der Waals surface area contributed by atoms with Gasteiger partial charge in [0.25, 0.3) is 0 Å². The molecule has 0 fully saturated rings. The monoisotopic (exact) mass is 220 g/mol. The highest BCUT2D eigenvalue weighted by atomic mass is 16.5. The zero-order valence-electron chi connectivity index (χ0n) is 10.1. The highest BCUT2D eigenvalue weighted by Crippen LogP contribution is 2.20. The first-order valence-corrected chi connectivity index (χ1v) is 5.46. The first-order chi connectivity index (χ1) is 7.71. The summed E-state index contributed by atoms with van der Waals surface area (Å²) in [6, 6.07) is 5.75. The molecule has 0 aromatic heterocycles. The largest absolute Gasteiger partial charge is 0.497 e. The summed E-state index contributed by atoms with van der Waals surface area (Å²) in [5.74, 6) is 0.846. The SMILES string of the molecule is C=CCN(CC)Cc1cc(OC)ccc1N. The summed E-state index contributed by atoms with van der Waals surface area (Å²) in [6.07, 6.45) is 1.90. The van der Waals surface area contributed by atoms with Gasteiger partial charge in [-0.1, -0.05) is 13.0 Å². The Morgan fingerprint density at radius 3 is 2.81 bits per heavy atom. The summed E-state index contributed by atoms with van der Waals surface area (Å²) in [4.78, 5) is 2.26. The molecule has 0 saturated carbocycles. The van der Waals surface area contributed by atoms with Gasteiger partial charge in [-0.2, -0.15) is 0 Å². The zero-order chi connectivity index (χ0) is 12.0. The fourth-order valence-electron chi connectivity index (χ4n) is 1.57. The van der Waals surface area contributed by atoms with Crippen molar-refractivity contribution in [2.45, 2.75) is 13.5 Å². The van der Waals surface area contributed by atoms with E-state index in [9.17, 15) is 0 Å².